The molecule has 1 rings (SSSR count). The van der Waals surface area contributed by atoms with Crippen LogP contribution in [-0.4, -0.2) is 49.8 Å². The molecule has 0 spiro atoms. The van der Waals surface area contributed by atoms with Gasteiger partial charge in [-0.15, -0.1) is 0 Å². The lowest BCUT2D eigenvalue weighted by Gasteiger charge is -2.30. The Morgan fingerprint density at radius 1 is 1.20 bits per heavy atom. The van der Waals surface area contributed by atoms with Crippen molar-refractivity contribution in [3.63, 3.8) is 0 Å². The molecule has 15 heavy (non-hydrogen) atoms. The van der Waals surface area contributed by atoms with E-state index >= 15 is 0 Å². The molecule has 0 aromatic heterocycles. The van der Waals surface area contributed by atoms with Gasteiger partial charge in [0.05, 0.1) is 6.61 Å². The number of hydrogen-bond donors (Lipinski definition) is 1. The van der Waals surface area contributed by atoms with Gasteiger partial charge in [0.2, 0.25) is 0 Å². The van der Waals surface area contributed by atoms with Gasteiger partial charge in [-0.25, -0.2) is 0 Å². The first-order valence-corrected chi connectivity index (χ1v) is 6.28. The summed E-state index contributed by atoms with van der Waals surface area (Å²) in [5.41, 5.74) is 0. The molecule has 1 fully saturated rings. The second kappa shape index (κ2) is 7.20. The summed E-state index contributed by atoms with van der Waals surface area (Å²) in [6.45, 7) is 11.8. The lowest BCUT2D eigenvalue weighted by atomic mass is 10.1. The molecule has 0 aromatic rings. The van der Waals surface area contributed by atoms with E-state index in [0.717, 1.165) is 19.8 Å². The average molecular weight is 214 g/mol. The van der Waals surface area contributed by atoms with Gasteiger partial charge in [-0.2, -0.15) is 0 Å². The Labute approximate surface area is 94.2 Å². The lowest BCUT2D eigenvalue weighted by molar-refractivity contribution is 0.106. The summed E-state index contributed by atoms with van der Waals surface area (Å²) in [5.74, 6) is 0. The summed E-state index contributed by atoms with van der Waals surface area (Å²) in [7, 11) is 0. The Morgan fingerprint density at radius 2 is 1.80 bits per heavy atom. The molecule has 0 saturated carbocycles. The van der Waals surface area contributed by atoms with E-state index in [1.807, 2.05) is 0 Å². The largest absolute Gasteiger partial charge is 0.380 e. The van der Waals surface area contributed by atoms with Crippen molar-refractivity contribution in [1.29, 1.82) is 0 Å². The zero-order valence-electron chi connectivity index (χ0n) is 10.5. The highest BCUT2D eigenvalue weighted by molar-refractivity contribution is 4.74. The second-order valence-corrected chi connectivity index (χ2v) is 4.58. The van der Waals surface area contributed by atoms with Crippen LogP contribution in [0.5, 0.6) is 0 Å². The molecule has 1 N–H and O–H groups in total. The molecule has 0 bridgehead atoms. The van der Waals surface area contributed by atoms with Gasteiger partial charge in [-0.05, 0) is 46.7 Å². The van der Waals surface area contributed by atoms with Gasteiger partial charge in [0.15, 0.2) is 0 Å². The molecular weight excluding hydrogens is 188 g/mol. The third kappa shape index (κ3) is 5.50. The summed E-state index contributed by atoms with van der Waals surface area (Å²) in [6, 6.07) is 1.30. The van der Waals surface area contributed by atoms with Crippen LogP contribution in [0.3, 0.4) is 0 Å². The third-order valence-electron chi connectivity index (χ3n) is 3.08. The van der Waals surface area contributed by atoms with Crippen molar-refractivity contribution in [2.75, 3.05) is 32.8 Å². The zero-order valence-corrected chi connectivity index (χ0v) is 10.5. The van der Waals surface area contributed by atoms with Gasteiger partial charge in [0.1, 0.15) is 0 Å². The molecule has 3 nitrogen and oxygen atoms in total. The predicted octanol–water partition coefficient (Wildman–Crippen LogP) is 1.49. The normalized spacial score (nSPS) is 29.8. The number of rotatable bonds is 4. The Balaban J connectivity index is 2.24. The fourth-order valence-electron chi connectivity index (χ4n) is 2.08. The fraction of sp³-hybridized carbons (Fsp3) is 1.00. The van der Waals surface area contributed by atoms with Crippen LogP contribution >= 0.6 is 0 Å². The van der Waals surface area contributed by atoms with Crippen molar-refractivity contribution in [1.82, 2.24) is 10.2 Å². The minimum Gasteiger partial charge on any atom is -0.380 e. The summed E-state index contributed by atoms with van der Waals surface area (Å²) in [4.78, 5) is 2.53. The first kappa shape index (κ1) is 12.9. The number of hydrogen-bond acceptors (Lipinski definition) is 3. The van der Waals surface area contributed by atoms with Crippen LogP contribution in [0.4, 0.5) is 0 Å². The predicted molar refractivity (Wildman–Crippen MR) is 64.2 cm³/mol. The minimum absolute atomic E-state index is 0.648. The van der Waals surface area contributed by atoms with Crippen molar-refractivity contribution < 1.29 is 4.74 Å². The molecule has 1 aliphatic heterocycles. The fourth-order valence-corrected chi connectivity index (χ4v) is 2.08. The molecule has 1 heterocycles. The van der Waals surface area contributed by atoms with Crippen molar-refractivity contribution in [3.8, 4) is 0 Å². The van der Waals surface area contributed by atoms with Crippen LogP contribution in [0.15, 0.2) is 0 Å². The highest BCUT2D eigenvalue weighted by Crippen LogP contribution is 2.06. The van der Waals surface area contributed by atoms with Gasteiger partial charge in [-0.1, -0.05) is 0 Å². The standard InChI is InChI=1S/C12H26N2O/c1-4-15-10-9-14-7-5-11(2)13-12(3)6-8-14/h11-13H,4-10H2,1-3H3. The van der Waals surface area contributed by atoms with E-state index in [4.69, 9.17) is 4.74 Å². The van der Waals surface area contributed by atoms with Crippen molar-refractivity contribution in [2.24, 2.45) is 0 Å². The zero-order chi connectivity index (χ0) is 11.1. The quantitative estimate of drug-likeness (QED) is 0.718. The van der Waals surface area contributed by atoms with Gasteiger partial charge >= 0.3 is 0 Å². The number of nitrogens with one attached hydrogen (secondary N) is 1. The summed E-state index contributed by atoms with van der Waals surface area (Å²) in [5, 5.41) is 3.61. The summed E-state index contributed by atoms with van der Waals surface area (Å²) in [6.07, 6.45) is 2.49. The molecule has 1 aliphatic rings. The topological polar surface area (TPSA) is 24.5 Å². The van der Waals surface area contributed by atoms with Crippen LogP contribution in [0, 0.1) is 0 Å². The Morgan fingerprint density at radius 3 is 2.33 bits per heavy atom. The molecule has 0 radical (unpaired) electrons. The SMILES string of the molecule is CCOCCN1CCC(C)NC(C)CC1. The molecular formula is C12H26N2O. The van der Waals surface area contributed by atoms with Crippen LogP contribution in [0.2, 0.25) is 0 Å². The summed E-state index contributed by atoms with van der Waals surface area (Å²) >= 11 is 0. The first-order valence-electron chi connectivity index (χ1n) is 6.28. The van der Waals surface area contributed by atoms with Crippen molar-refractivity contribution in [2.45, 2.75) is 45.7 Å². The van der Waals surface area contributed by atoms with E-state index in [1.165, 1.54) is 25.9 Å². The molecule has 3 heteroatoms. The Bertz CT molecular complexity index is 152. The van der Waals surface area contributed by atoms with E-state index in [-0.39, 0.29) is 0 Å². The Kier molecular flexibility index (Phi) is 6.22. The maximum Gasteiger partial charge on any atom is 0.0593 e. The third-order valence-corrected chi connectivity index (χ3v) is 3.08. The van der Waals surface area contributed by atoms with E-state index in [2.05, 4.69) is 31.0 Å². The van der Waals surface area contributed by atoms with Gasteiger partial charge < -0.3 is 15.0 Å². The van der Waals surface area contributed by atoms with E-state index < -0.39 is 0 Å². The van der Waals surface area contributed by atoms with Crippen LogP contribution in [0.1, 0.15) is 33.6 Å². The molecule has 0 aliphatic carbocycles. The smallest absolute Gasteiger partial charge is 0.0593 e. The van der Waals surface area contributed by atoms with Gasteiger partial charge in [0, 0.05) is 25.2 Å². The maximum absolute atomic E-state index is 5.40. The van der Waals surface area contributed by atoms with Gasteiger partial charge in [-0.3, -0.25) is 0 Å². The van der Waals surface area contributed by atoms with Crippen LogP contribution in [0.25, 0.3) is 0 Å². The summed E-state index contributed by atoms with van der Waals surface area (Å²) < 4.78 is 5.40. The van der Waals surface area contributed by atoms with Crippen molar-refractivity contribution >= 4 is 0 Å². The Hall–Kier alpha value is -0.120. The van der Waals surface area contributed by atoms with E-state index in [0.29, 0.717) is 12.1 Å². The van der Waals surface area contributed by atoms with E-state index in [9.17, 15) is 0 Å². The minimum atomic E-state index is 0.648. The molecule has 0 aromatic carbocycles. The van der Waals surface area contributed by atoms with Crippen molar-refractivity contribution in [3.05, 3.63) is 0 Å². The second-order valence-electron chi connectivity index (χ2n) is 4.58. The molecule has 90 valence electrons. The highest BCUT2D eigenvalue weighted by Gasteiger charge is 2.15. The number of ether oxygens (including phenoxy) is 1. The van der Waals surface area contributed by atoms with Crippen LogP contribution < -0.4 is 5.32 Å². The van der Waals surface area contributed by atoms with E-state index in [1.54, 1.807) is 0 Å². The maximum atomic E-state index is 5.40. The monoisotopic (exact) mass is 214 g/mol. The molecule has 0 amide bonds. The molecule has 2 unspecified atom stereocenters. The average Bonchev–Trinajstić information content (AvgIpc) is 2.19. The van der Waals surface area contributed by atoms with Crippen LogP contribution in [-0.2, 0) is 4.74 Å². The molecule has 2 atom stereocenters. The van der Waals surface area contributed by atoms with Gasteiger partial charge in [0.25, 0.3) is 0 Å². The number of nitrogens with zero attached hydrogens (tertiary/aromatic N) is 1. The first-order chi connectivity index (χ1) is 7.22. The lowest BCUT2D eigenvalue weighted by Crippen LogP contribution is -2.43. The molecule has 1 saturated heterocycles. The highest BCUT2D eigenvalue weighted by atomic mass is 16.5.